The third-order valence-corrected chi connectivity index (χ3v) is 7.06. The minimum Gasteiger partial charge on any atom is -0.367 e. The highest BCUT2D eigenvalue weighted by molar-refractivity contribution is 5.78. The molecule has 7 rings (SSSR count). The van der Waals surface area contributed by atoms with E-state index >= 15 is 0 Å². The van der Waals surface area contributed by atoms with Gasteiger partial charge in [0.1, 0.15) is 5.69 Å². The van der Waals surface area contributed by atoms with Crippen LogP contribution in [0.5, 0.6) is 0 Å². The van der Waals surface area contributed by atoms with Crippen molar-refractivity contribution in [1.82, 2.24) is 29.6 Å². The molecule has 35 heavy (non-hydrogen) atoms. The minimum atomic E-state index is 0.567. The van der Waals surface area contributed by atoms with Gasteiger partial charge in [0.15, 0.2) is 0 Å². The summed E-state index contributed by atoms with van der Waals surface area (Å²) in [5.41, 5.74) is 5.91. The summed E-state index contributed by atoms with van der Waals surface area (Å²) in [6.07, 6.45) is 9.95. The lowest BCUT2D eigenvalue weighted by atomic mass is 10.0. The van der Waals surface area contributed by atoms with E-state index < -0.39 is 0 Å². The molecule has 3 aliphatic heterocycles. The zero-order valence-electron chi connectivity index (χ0n) is 20.0. The zero-order valence-corrected chi connectivity index (χ0v) is 20.0. The first-order valence-corrected chi connectivity index (χ1v) is 12.4. The van der Waals surface area contributed by atoms with E-state index in [0.29, 0.717) is 12.0 Å². The van der Waals surface area contributed by atoms with Crippen LogP contribution >= 0.6 is 0 Å². The normalized spacial score (nSPS) is 19.5. The molecule has 3 aromatic heterocycles. The maximum absolute atomic E-state index is 4.82. The van der Waals surface area contributed by atoms with Gasteiger partial charge in [0.25, 0.3) is 0 Å². The van der Waals surface area contributed by atoms with Gasteiger partial charge in [-0.15, -0.1) is 0 Å². The lowest BCUT2D eigenvalue weighted by Crippen LogP contribution is -2.37. The molecule has 178 valence electrons. The Balaban J connectivity index is 1.23. The van der Waals surface area contributed by atoms with Crippen LogP contribution in [0.2, 0.25) is 0 Å². The van der Waals surface area contributed by atoms with Crippen molar-refractivity contribution in [1.29, 1.82) is 0 Å². The number of aromatic nitrogens is 5. The molecule has 1 N–H and O–H groups in total. The largest absolute Gasteiger partial charge is 0.367 e. The Morgan fingerprint density at radius 1 is 0.971 bits per heavy atom. The first-order chi connectivity index (χ1) is 17.3. The molecule has 8 heteroatoms. The lowest BCUT2D eigenvalue weighted by molar-refractivity contribution is 0.250. The Kier molecular flexibility index (Phi) is 5.88. The minimum absolute atomic E-state index is 0.567. The topological polar surface area (TPSA) is 75.0 Å². The summed E-state index contributed by atoms with van der Waals surface area (Å²) >= 11 is 0. The first-order valence-electron chi connectivity index (χ1n) is 12.4. The Bertz CT molecular complexity index is 1280. The number of nitrogens with zero attached hydrogens (tertiary/aromatic N) is 7. The average Bonchev–Trinajstić information content (AvgIpc) is 3.13. The van der Waals surface area contributed by atoms with Crippen molar-refractivity contribution in [2.45, 2.75) is 32.4 Å². The van der Waals surface area contributed by atoms with Crippen LogP contribution in [0.4, 0.5) is 17.3 Å². The summed E-state index contributed by atoms with van der Waals surface area (Å²) in [5, 5.41) is 8.14. The molecule has 8 nitrogen and oxygen atoms in total. The smallest absolute Gasteiger partial charge is 0.227 e. The molecular weight excluding hydrogens is 436 g/mol. The SMILES string of the molecule is CCn1cc(-c2ccnc(Nc3ccc(N4CCN5CCC4CC5)cc3)n2)c(-c2cccnc2)n1. The second-order valence-electron chi connectivity index (χ2n) is 9.19. The predicted molar refractivity (Wildman–Crippen MR) is 139 cm³/mol. The van der Waals surface area contributed by atoms with E-state index in [9.17, 15) is 0 Å². The highest BCUT2D eigenvalue weighted by Gasteiger charge is 2.29. The number of hydrogen-bond donors (Lipinski definition) is 1. The van der Waals surface area contributed by atoms with Gasteiger partial charge in [0.05, 0.1) is 5.69 Å². The van der Waals surface area contributed by atoms with Crippen LogP contribution in [0.15, 0.2) is 67.3 Å². The molecule has 0 amide bonds. The molecule has 0 unspecified atom stereocenters. The number of aryl methyl sites for hydroxylation is 1. The first kappa shape index (κ1) is 21.7. The van der Waals surface area contributed by atoms with Gasteiger partial charge in [-0.25, -0.2) is 9.97 Å². The van der Waals surface area contributed by atoms with E-state index in [2.05, 4.69) is 56.3 Å². The Hall–Kier alpha value is -3.78. The molecule has 4 aromatic rings. The van der Waals surface area contributed by atoms with Gasteiger partial charge in [0, 0.05) is 86.1 Å². The molecule has 3 fully saturated rings. The maximum atomic E-state index is 4.82. The van der Waals surface area contributed by atoms with Crippen LogP contribution in [-0.4, -0.2) is 61.9 Å². The van der Waals surface area contributed by atoms with Gasteiger partial charge < -0.3 is 15.1 Å². The molecule has 1 aromatic carbocycles. The van der Waals surface area contributed by atoms with E-state index in [1.165, 1.54) is 31.6 Å². The molecular formula is C27H30N8. The van der Waals surface area contributed by atoms with Crippen LogP contribution in [0, 0.1) is 0 Å². The fourth-order valence-corrected chi connectivity index (χ4v) is 5.15. The monoisotopic (exact) mass is 466 g/mol. The zero-order chi connectivity index (χ0) is 23.6. The second kappa shape index (κ2) is 9.46. The number of nitrogens with one attached hydrogen (secondary N) is 1. The fourth-order valence-electron chi connectivity index (χ4n) is 5.15. The molecule has 0 radical (unpaired) electrons. The third kappa shape index (κ3) is 4.49. The lowest BCUT2D eigenvalue weighted by Gasteiger charge is -2.33. The third-order valence-electron chi connectivity index (χ3n) is 7.06. The van der Waals surface area contributed by atoms with Gasteiger partial charge in [-0.1, -0.05) is 0 Å². The quantitative estimate of drug-likeness (QED) is 0.450. The molecule has 0 aliphatic carbocycles. The second-order valence-corrected chi connectivity index (χ2v) is 9.19. The van der Waals surface area contributed by atoms with Crippen LogP contribution < -0.4 is 10.2 Å². The Morgan fingerprint density at radius 2 is 1.83 bits per heavy atom. The number of piperidine rings is 1. The molecule has 0 spiro atoms. The summed E-state index contributed by atoms with van der Waals surface area (Å²) in [6, 6.07) is 15.2. The van der Waals surface area contributed by atoms with E-state index in [1.54, 1.807) is 12.4 Å². The van der Waals surface area contributed by atoms with Crippen LogP contribution in [0.25, 0.3) is 22.5 Å². The fraction of sp³-hybridized carbons (Fsp3) is 0.333. The van der Waals surface area contributed by atoms with Gasteiger partial charge in [-0.2, -0.15) is 5.10 Å². The molecule has 0 saturated carbocycles. The molecule has 3 aliphatic rings. The van der Waals surface area contributed by atoms with Crippen LogP contribution in [0.3, 0.4) is 0 Å². The van der Waals surface area contributed by atoms with Crippen molar-refractivity contribution in [3.63, 3.8) is 0 Å². The number of hydrogen-bond acceptors (Lipinski definition) is 7. The predicted octanol–water partition coefficient (Wildman–Crippen LogP) is 4.45. The van der Waals surface area contributed by atoms with Crippen LogP contribution in [-0.2, 0) is 6.54 Å². The number of pyridine rings is 1. The standard InChI is InChI=1S/C27H30N8/c1-2-34-19-24(26(32-34)20-4-3-12-28-18-20)25-9-13-29-27(31-25)30-21-5-7-22(8-6-21)35-17-16-33-14-10-23(35)11-15-33/h3-9,12-13,18-19,23H,2,10-11,14-17H2,1H3,(H,29,30,31). The van der Waals surface area contributed by atoms with Crippen molar-refractivity contribution in [2.75, 3.05) is 36.4 Å². The van der Waals surface area contributed by atoms with E-state index in [0.717, 1.165) is 47.8 Å². The van der Waals surface area contributed by atoms with Gasteiger partial charge in [-0.3, -0.25) is 9.67 Å². The highest BCUT2D eigenvalue weighted by atomic mass is 15.3. The summed E-state index contributed by atoms with van der Waals surface area (Å²) in [7, 11) is 0. The number of benzene rings is 1. The van der Waals surface area contributed by atoms with Crippen molar-refractivity contribution in [3.8, 4) is 22.5 Å². The van der Waals surface area contributed by atoms with E-state index in [4.69, 9.17) is 10.1 Å². The Labute approximate surface area is 205 Å². The van der Waals surface area contributed by atoms with E-state index in [-0.39, 0.29) is 0 Å². The van der Waals surface area contributed by atoms with E-state index in [1.807, 2.05) is 35.3 Å². The number of rotatable bonds is 6. The van der Waals surface area contributed by atoms with Crippen LogP contribution in [0.1, 0.15) is 19.8 Å². The van der Waals surface area contributed by atoms with Crippen molar-refractivity contribution < 1.29 is 0 Å². The van der Waals surface area contributed by atoms with Crippen molar-refractivity contribution in [2.24, 2.45) is 0 Å². The highest BCUT2D eigenvalue weighted by Crippen LogP contribution is 2.31. The molecule has 6 heterocycles. The summed E-state index contributed by atoms with van der Waals surface area (Å²) < 4.78 is 1.93. The molecule has 3 saturated heterocycles. The number of anilines is 3. The maximum Gasteiger partial charge on any atom is 0.227 e. The van der Waals surface area contributed by atoms with Gasteiger partial charge in [0.2, 0.25) is 5.95 Å². The number of fused-ring (bicyclic) bond motifs is 4. The van der Waals surface area contributed by atoms with Gasteiger partial charge >= 0.3 is 0 Å². The molecule has 0 atom stereocenters. The van der Waals surface area contributed by atoms with Crippen molar-refractivity contribution in [3.05, 3.63) is 67.3 Å². The molecule has 2 bridgehead atoms. The Morgan fingerprint density at radius 3 is 2.60 bits per heavy atom. The summed E-state index contributed by atoms with van der Waals surface area (Å²) in [4.78, 5) is 18.7. The average molecular weight is 467 g/mol. The van der Waals surface area contributed by atoms with Crippen molar-refractivity contribution >= 4 is 17.3 Å². The summed E-state index contributed by atoms with van der Waals surface area (Å²) in [6.45, 7) is 7.59. The van der Waals surface area contributed by atoms with Gasteiger partial charge in [-0.05, 0) is 62.2 Å². The summed E-state index contributed by atoms with van der Waals surface area (Å²) in [5.74, 6) is 0.567.